The second-order valence-corrected chi connectivity index (χ2v) is 4.65. The average Bonchev–Trinajstić information content (AvgIpc) is 3.07. The minimum atomic E-state index is -4.34. The van der Waals surface area contributed by atoms with Crippen molar-refractivity contribution in [2.45, 2.75) is 38.1 Å². The second kappa shape index (κ2) is 5.87. The molecule has 0 amide bonds. The first-order valence-electron chi connectivity index (χ1n) is 6.11. The summed E-state index contributed by atoms with van der Waals surface area (Å²) in [4.78, 5) is 4.02. The Kier molecular flexibility index (Phi) is 4.41. The normalized spacial score (nSPS) is 17.7. The first-order valence-corrected chi connectivity index (χ1v) is 6.11. The minimum Gasteiger partial charge on any atom is -0.364 e. The highest BCUT2D eigenvalue weighted by molar-refractivity contribution is 4.94. The molecule has 5 nitrogen and oxygen atoms in total. The van der Waals surface area contributed by atoms with Crippen molar-refractivity contribution in [3.63, 3.8) is 0 Å². The van der Waals surface area contributed by atoms with Crippen molar-refractivity contribution in [3.05, 3.63) is 11.7 Å². The Labute approximate surface area is 108 Å². The van der Waals surface area contributed by atoms with E-state index >= 15 is 0 Å². The maximum absolute atomic E-state index is 11.9. The predicted octanol–water partition coefficient (Wildman–Crippen LogP) is 1.69. The molecule has 1 fully saturated rings. The Morgan fingerprint density at radius 3 is 2.79 bits per heavy atom. The minimum absolute atomic E-state index is 0.143. The Morgan fingerprint density at radius 1 is 1.47 bits per heavy atom. The average molecular weight is 279 g/mol. The summed E-state index contributed by atoms with van der Waals surface area (Å²) in [6, 6.07) is 0.282. The number of likely N-dealkylation sites (N-methyl/N-ethyl adjacent to an activating group) is 1. The Balaban J connectivity index is 1.78. The van der Waals surface area contributed by atoms with Gasteiger partial charge >= 0.3 is 6.18 Å². The molecule has 0 saturated heterocycles. The molecule has 1 unspecified atom stereocenters. The maximum Gasteiger partial charge on any atom is 0.411 e. The monoisotopic (exact) mass is 279 g/mol. The van der Waals surface area contributed by atoms with E-state index in [1.54, 1.807) is 0 Å². The van der Waals surface area contributed by atoms with Gasteiger partial charge in [0, 0.05) is 12.5 Å². The lowest BCUT2D eigenvalue weighted by atomic mass is 10.1. The van der Waals surface area contributed by atoms with Gasteiger partial charge in [-0.2, -0.15) is 18.2 Å². The van der Waals surface area contributed by atoms with Crippen molar-refractivity contribution in [2.75, 3.05) is 13.7 Å². The van der Waals surface area contributed by atoms with Gasteiger partial charge in [-0.05, 0) is 25.8 Å². The highest BCUT2D eigenvalue weighted by Gasteiger charge is 2.31. The van der Waals surface area contributed by atoms with Gasteiger partial charge in [-0.3, -0.25) is 0 Å². The van der Waals surface area contributed by atoms with Crippen molar-refractivity contribution in [3.8, 4) is 0 Å². The zero-order valence-corrected chi connectivity index (χ0v) is 10.5. The van der Waals surface area contributed by atoms with Crippen molar-refractivity contribution in [1.29, 1.82) is 0 Å². The molecule has 0 radical (unpaired) electrons. The lowest BCUT2D eigenvalue weighted by Crippen LogP contribution is -2.29. The topological polar surface area (TPSA) is 60.2 Å². The number of hydrogen-bond donors (Lipinski definition) is 1. The van der Waals surface area contributed by atoms with E-state index in [9.17, 15) is 13.2 Å². The predicted molar refractivity (Wildman–Crippen MR) is 59.3 cm³/mol. The van der Waals surface area contributed by atoms with Crippen LogP contribution in [0, 0.1) is 5.92 Å². The van der Waals surface area contributed by atoms with E-state index in [0.717, 1.165) is 0 Å². The number of nitrogens with zero attached hydrogens (tertiary/aromatic N) is 2. The van der Waals surface area contributed by atoms with Crippen molar-refractivity contribution >= 4 is 0 Å². The number of alkyl halides is 3. The molecule has 0 bridgehead atoms. The van der Waals surface area contributed by atoms with Crippen molar-refractivity contribution in [2.24, 2.45) is 5.92 Å². The molecule has 1 heterocycles. The van der Waals surface area contributed by atoms with Gasteiger partial charge in [0.25, 0.3) is 0 Å². The molecule has 0 aliphatic heterocycles. The molecule has 1 aromatic heterocycles. The van der Waals surface area contributed by atoms with Crippen LogP contribution in [0.15, 0.2) is 4.52 Å². The van der Waals surface area contributed by atoms with Gasteiger partial charge in [-0.15, -0.1) is 0 Å². The third-order valence-corrected chi connectivity index (χ3v) is 2.96. The highest BCUT2D eigenvalue weighted by atomic mass is 19.4. The number of rotatable bonds is 7. The quantitative estimate of drug-likeness (QED) is 0.823. The van der Waals surface area contributed by atoms with Crippen LogP contribution in [0.5, 0.6) is 0 Å². The van der Waals surface area contributed by atoms with Crippen LogP contribution >= 0.6 is 0 Å². The summed E-state index contributed by atoms with van der Waals surface area (Å²) in [5.74, 6) is 1.20. The fraction of sp³-hybridized carbons (Fsp3) is 0.818. The number of nitrogens with one attached hydrogen (secondary N) is 1. The van der Waals surface area contributed by atoms with E-state index in [1.165, 1.54) is 12.8 Å². The molecule has 1 aromatic rings. The van der Waals surface area contributed by atoms with Gasteiger partial charge in [0.2, 0.25) is 5.89 Å². The first-order chi connectivity index (χ1) is 8.98. The van der Waals surface area contributed by atoms with Crippen LogP contribution in [-0.4, -0.2) is 36.0 Å². The standard InChI is InChI=1S/C11H16F3N3O2/c1-15-8(7-2-3-7)4-10-16-9(17-19-10)5-18-6-11(12,13)14/h7-8,15H,2-6H2,1H3. The third-order valence-electron chi connectivity index (χ3n) is 2.96. The molecule has 1 N–H and O–H groups in total. The van der Waals surface area contributed by atoms with Gasteiger partial charge in [-0.25, -0.2) is 0 Å². The van der Waals surface area contributed by atoms with Crippen LogP contribution in [0.4, 0.5) is 13.2 Å². The lowest BCUT2D eigenvalue weighted by Gasteiger charge is -2.11. The second-order valence-electron chi connectivity index (χ2n) is 4.65. The summed E-state index contributed by atoms with van der Waals surface area (Å²) in [5, 5.41) is 6.77. The SMILES string of the molecule is CNC(Cc1nc(COCC(F)(F)F)no1)C1CC1. The Hall–Kier alpha value is -1.15. The molecule has 1 aliphatic rings. The molecule has 8 heteroatoms. The fourth-order valence-corrected chi connectivity index (χ4v) is 1.88. The van der Waals surface area contributed by atoms with Gasteiger partial charge in [0.1, 0.15) is 13.2 Å². The van der Waals surface area contributed by atoms with Gasteiger partial charge in [-0.1, -0.05) is 5.16 Å². The smallest absolute Gasteiger partial charge is 0.364 e. The number of hydrogen-bond acceptors (Lipinski definition) is 5. The zero-order valence-electron chi connectivity index (χ0n) is 10.5. The van der Waals surface area contributed by atoms with Crippen LogP contribution in [0.25, 0.3) is 0 Å². The van der Waals surface area contributed by atoms with Crippen LogP contribution in [0.1, 0.15) is 24.6 Å². The molecular formula is C11H16F3N3O2. The van der Waals surface area contributed by atoms with Crippen LogP contribution in [0.3, 0.4) is 0 Å². The summed E-state index contributed by atoms with van der Waals surface area (Å²) in [6.45, 7) is -1.60. The van der Waals surface area contributed by atoms with Crippen LogP contribution in [0.2, 0.25) is 0 Å². The van der Waals surface area contributed by atoms with Crippen molar-refractivity contribution < 1.29 is 22.4 Å². The molecule has 1 saturated carbocycles. The number of ether oxygens (including phenoxy) is 1. The largest absolute Gasteiger partial charge is 0.411 e. The molecule has 0 aromatic carbocycles. The van der Waals surface area contributed by atoms with E-state index in [1.807, 2.05) is 7.05 Å². The Morgan fingerprint density at radius 2 is 2.21 bits per heavy atom. The van der Waals surface area contributed by atoms with Crippen molar-refractivity contribution in [1.82, 2.24) is 15.5 Å². The molecule has 19 heavy (non-hydrogen) atoms. The first kappa shape index (κ1) is 14.3. The molecular weight excluding hydrogens is 263 g/mol. The van der Waals surface area contributed by atoms with Gasteiger partial charge < -0.3 is 14.6 Å². The third kappa shape index (κ3) is 4.79. The maximum atomic E-state index is 11.9. The lowest BCUT2D eigenvalue weighted by molar-refractivity contribution is -0.177. The van der Waals surface area contributed by atoms with E-state index < -0.39 is 12.8 Å². The molecule has 2 rings (SSSR count). The van der Waals surface area contributed by atoms with E-state index in [4.69, 9.17) is 4.52 Å². The van der Waals surface area contributed by atoms with E-state index in [-0.39, 0.29) is 18.5 Å². The van der Waals surface area contributed by atoms with Crippen LogP contribution in [-0.2, 0) is 17.8 Å². The summed E-state index contributed by atoms with van der Waals surface area (Å²) in [6.07, 6.45) is -1.38. The molecule has 1 aliphatic carbocycles. The van der Waals surface area contributed by atoms with Crippen LogP contribution < -0.4 is 5.32 Å². The number of halogens is 3. The summed E-state index contributed by atoms with van der Waals surface area (Å²) in [7, 11) is 1.87. The summed E-state index contributed by atoms with van der Waals surface area (Å²) in [5.41, 5.74) is 0. The molecule has 1 atom stereocenters. The van der Waals surface area contributed by atoms with E-state index in [2.05, 4.69) is 20.2 Å². The molecule has 0 spiro atoms. The highest BCUT2D eigenvalue weighted by Crippen LogP contribution is 2.33. The van der Waals surface area contributed by atoms with E-state index in [0.29, 0.717) is 18.2 Å². The van der Waals surface area contributed by atoms with Gasteiger partial charge in [0.05, 0.1) is 0 Å². The summed E-state index contributed by atoms with van der Waals surface area (Å²) < 4.78 is 45.1. The Bertz CT molecular complexity index is 404. The number of aromatic nitrogens is 2. The zero-order chi connectivity index (χ0) is 13.9. The van der Waals surface area contributed by atoms with Gasteiger partial charge in [0.15, 0.2) is 5.82 Å². The molecule has 108 valence electrons. The summed E-state index contributed by atoms with van der Waals surface area (Å²) >= 11 is 0. The fourth-order valence-electron chi connectivity index (χ4n) is 1.88.